The minimum atomic E-state index is -4.47. The molecule has 0 bridgehead atoms. The van der Waals surface area contributed by atoms with Crippen LogP contribution < -0.4 is 10.1 Å². The van der Waals surface area contributed by atoms with E-state index in [0.717, 1.165) is 32.1 Å². The maximum Gasteiger partial charge on any atom is 0.422 e. The highest BCUT2D eigenvalue weighted by Crippen LogP contribution is 2.42. The Kier molecular flexibility index (Phi) is 5.65. The number of rotatable bonds is 8. The van der Waals surface area contributed by atoms with E-state index in [9.17, 15) is 18.0 Å². The number of nitrogens with zero attached hydrogens (tertiary/aromatic N) is 3. The van der Waals surface area contributed by atoms with E-state index in [0.29, 0.717) is 29.6 Å². The first-order valence-electron chi connectivity index (χ1n) is 10.5. The van der Waals surface area contributed by atoms with Crippen molar-refractivity contribution in [3.05, 3.63) is 35.2 Å². The average molecular weight is 438 g/mol. The summed E-state index contributed by atoms with van der Waals surface area (Å²) in [5.74, 6) is 0.838. The highest BCUT2D eigenvalue weighted by atomic mass is 19.4. The molecule has 1 amide bonds. The lowest BCUT2D eigenvalue weighted by molar-refractivity contribution is -0.153. The summed E-state index contributed by atoms with van der Waals surface area (Å²) < 4.78 is 48.3. The molecular weight excluding hydrogens is 413 g/mol. The Morgan fingerprint density at radius 2 is 2.03 bits per heavy atom. The molecule has 2 aromatic heterocycles. The van der Waals surface area contributed by atoms with Gasteiger partial charge in [0.05, 0.1) is 0 Å². The number of pyridine rings is 1. The fourth-order valence-electron chi connectivity index (χ4n) is 3.82. The van der Waals surface area contributed by atoms with Gasteiger partial charge in [-0.15, -0.1) is 0 Å². The Morgan fingerprint density at radius 3 is 2.58 bits per heavy atom. The Morgan fingerprint density at radius 1 is 1.29 bits per heavy atom. The zero-order valence-corrected chi connectivity index (χ0v) is 17.5. The maximum atomic E-state index is 13.0. The normalized spacial score (nSPS) is 18.9. The van der Waals surface area contributed by atoms with Gasteiger partial charge in [-0.3, -0.25) is 9.78 Å². The molecule has 0 spiro atoms. The molecule has 10 heteroatoms. The van der Waals surface area contributed by atoms with Crippen LogP contribution in [0.2, 0.25) is 0 Å². The average Bonchev–Trinajstić information content (AvgIpc) is 3.34. The number of nitrogens with one attached hydrogen (secondary N) is 1. The number of hydrogen-bond acceptors (Lipinski definition) is 6. The molecule has 0 saturated heterocycles. The van der Waals surface area contributed by atoms with Crippen molar-refractivity contribution in [1.29, 1.82) is 0 Å². The molecule has 2 heterocycles. The molecule has 2 saturated carbocycles. The quantitative estimate of drug-likeness (QED) is 0.656. The van der Waals surface area contributed by atoms with Gasteiger partial charge in [0, 0.05) is 24.8 Å². The first-order valence-corrected chi connectivity index (χ1v) is 10.5. The molecule has 168 valence electrons. The van der Waals surface area contributed by atoms with Crippen molar-refractivity contribution >= 4 is 5.91 Å². The zero-order chi connectivity index (χ0) is 22.2. The van der Waals surface area contributed by atoms with Gasteiger partial charge in [0.15, 0.2) is 12.4 Å². The molecule has 1 atom stereocenters. The van der Waals surface area contributed by atoms with Gasteiger partial charge < -0.3 is 14.6 Å². The van der Waals surface area contributed by atoms with E-state index in [2.05, 4.69) is 20.4 Å². The third-order valence-corrected chi connectivity index (χ3v) is 5.87. The number of carbonyl (C=O) groups is 1. The van der Waals surface area contributed by atoms with Gasteiger partial charge in [0.2, 0.25) is 5.89 Å². The van der Waals surface area contributed by atoms with Crippen molar-refractivity contribution in [2.45, 2.75) is 70.0 Å². The van der Waals surface area contributed by atoms with Crippen LogP contribution in [0.4, 0.5) is 13.2 Å². The molecular formula is C21H25F3N4O3. The van der Waals surface area contributed by atoms with Crippen LogP contribution in [0.25, 0.3) is 0 Å². The Bertz CT molecular complexity index is 954. The molecule has 0 aromatic carbocycles. The van der Waals surface area contributed by atoms with Crippen molar-refractivity contribution in [1.82, 2.24) is 20.4 Å². The molecule has 2 aliphatic rings. The van der Waals surface area contributed by atoms with E-state index in [1.807, 2.05) is 6.92 Å². The van der Waals surface area contributed by atoms with Gasteiger partial charge in [0.1, 0.15) is 17.0 Å². The number of alkyl halides is 3. The largest absolute Gasteiger partial charge is 0.484 e. The minimum absolute atomic E-state index is 0.0116. The fourth-order valence-corrected chi connectivity index (χ4v) is 3.82. The van der Waals surface area contributed by atoms with Gasteiger partial charge in [-0.25, -0.2) is 0 Å². The monoisotopic (exact) mass is 438 g/mol. The second-order valence-corrected chi connectivity index (χ2v) is 8.71. The lowest BCUT2D eigenvalue weighted by atomic mass is 9.80. The highest BCUT2D eigenvalue weighted by molar-refractivity contribution is 5.93. The predicted octanol–water partition coefficient (Wildman–Crippen LogP) is 4.43. The number of halogens is 3. The summed E-state index contributed by atoms with van der Waals surface area (Å²) in [4.78, 5) is 21.5. The van der Waals surface area contributed by atoms with Crippen LogP contribution in [-0.2, 0) is 5.54 Å². The minimum Gasteiger partial charge on any atom is -0.484 e. The van der Waals surface area contributed by atoms with Gasteiger partial charge in [-0.1, -0.05) is 24.4 Å². The number of hydrogen-bond donors (Lipinski definition) is 1. The molecule has 0 unspecified atom stereocenters. The third-order valence-electron chi connectivity index (χ3n) is 5.87. The summed E-state index contributed by atoms with van der Waals surface area (Å²) in [5, 5.41) is 6.90. The van der Waals surface area contributed by atoms with Crippen LogP contribution in [0.5, 0.6) is 5.75 Å². The standard InChI is InChI=1S/C21H25F3N4O3/c1-12-26-19(28-31-12)20(2,9-13-6-7-13)27-18(29)16-8-17(30-11-21(22,23)24)15(10-25-16)14-4-3-5-14/h8,10,13-14H,3-7,9,11H2,1-2H3,(H,27,29)/t20-/m1/s1. The number of amides is 1. The molecule has 31 heavy (non-hydrogen) atoms. The topological polar surface area (TPSA) is 90.1 Å². The van der Waals surface area contributed by atoms with Crippen molar-refractivity contribution in [2.75, 3.05) is 6.61 Å². The molecule has 4 rings (SSSR count). The van der Waals surface area contributed by atoms with Crippen LogP contribution >= 0.6 is 0 Å². The fraction of sp³-hybridized carbons (Fsp3) is 0.619. The number of aromatic nitrogens is 3. The second-order valence-electron chi connectivity index (χ2n) is 8.71. The van der Waals surface area contributed by atoms with Gasteiger partial charge >= 0.3 is 6.18 Å². The smallest absolute Gasteiger partial charge is 0.422 e. The first kappa shape index (κ1) is 21.6. The summed E-state index contributed by atoms with van der Waals surface area (Å²) in [6, 6.07) is 1.30. The second kappa shape index (κ2) is 8.12. The number of aryl methyl sites for hydroxylation is 1. The lowest BCUT2D eigenvalue weighted by Crippen LogP contribution is -2.45. The van der Waals surface area contributed by atoms with E-state index < -0.39 is 24.2 Å². The van der Waals surface area contributed by atoms with Crippen LogP contribution in [0.3, 0.4) is 0 Å². The van der Waals surface area contributed by atoms with E-state index in [1.54, 1.807) is 6.92 Å². The van der Waals surface area contributed by atoms with Gasteiger partial charge in [0.25, 0.3) is 5.91 Å². The number of ether oxygens (including phenoxy) is 1. The van der Waals surface area contributed by atoms with Crippen LogP contribution in [0.15, 0.2) is 16.8 Å². The van der Waals surface area contributed by atoms with Crippen molar-refractivity contribution in [2.24, 2.45) is 5.92 Å². The van der Waals surface area contributed by atoms with E-state index in [-0.39, 0.29) is 17.4 Å². The molecule has 2 aromatic rings. The SMILES string of the molecule is Cc1nc([C@@](C)(CC2CC2)NC(=O)c2cc(OCC(F)(F)F)c(C3CCC3)cn2)no1. The van der Waals surface area contributed by atoms with E-state index >= 15 is 0 Å². The summed E-state index contributed by atoms with van der Waals surface area (Å²) >= 11 is 0. The Balaban J connectivity index is 1.57. The molecule has 0 aliphatic heterocycles. The first-order chi connectivity index (χ1) is 14.6. The van der Waals surface area contributed by atoms with Crippen molar-refractivity contribution in [3.8, 4) is 5.75 Å². The molecule has 2 aliphatic carbocycles. The highest BCUT2D eigenvalue weighted by Gasteiger charge is 2.40. The van der Waals surface area contributed by atoms with Crippen LogP contribution in [-0.4, -0.2) is 33.8 Å². The lowest BCUT2D eigenvalue weighted by Gasteiger charge is -2.29. The molecule has 7 nitrogen and oxygen atoms in total. The van der Waals surface area contributed by atoms with Crippen molar-refractivity contribution in [3.63, 3.8) is 0 Å². The van der Waals surface area contributed by atoms with Crippen molar-refractivity contribution < 1.29 is 27.2 Å². The maximum absolute atomic E-state index is 13.0. The molecule has 1 N–H and O–H groups in total. The third kappa shape index (κ3) is 5.16. The molecule has 2 fully saturated rings. The van der Waals surface area contributed by atoms with Gasteiger partial charge in [-0.05, 0) is 38.0 Å². The predicted molar refractivity (Wildman–Crippen MR) is 104 cm³/mol. The summed E-state index contributed by atoms with van der Waals surface area (Å²) in [7, 11) is 0. The Hall–Kier alpha value is -2.65. The molecule has 0 radical (unpaired) electrons. The number of carbonyl (C=O) groups excluding carboxylic acids is 1. The van der Waals surface area contributed by atoms with Crippen LogP contribution in [0.1, 0.15) is 79.1 Å². The summed E-state index contributed by atoms with van der Waals surface area (Å²) in [6.45, 7) is 2.07. The van der Waals surface area contributed by atoms with E-state index in [1.165, 1.54) is 12.3 Å². The summed E-state index contributed by atoms with van der Waals surface area (Å²) in [5.41, 5.74) is -0.277. The van der Waals surface area contributed by atoms with Crippen LogP contribution in [0, 0.1) is 12.8 Å². The van der Waals surface area contributed by atoms with E-state index in [4.69, 9.17) is 9.26 Å². The Labute approximate surface area is 177 Å². The summed E-state index contributed by atoms with van der Waals surface area (Å²) in [6.07, 6.45) is 2.49. The zero-order valence-electron chi connectivity index (χ0n) is 17.5. The van der Waals surface area contributed by atoms with Gasteiger partial charge in [-0.2, -0.15) is 18.2 Å².